The minimum atomic E-state index is -0.250. The van der Waals surface area contributed by atoms with Crippen molar-refractivity contribution in [3.63, 3.8) is 0 Å². The molecule has 0 fully saturated rings. The summed E-state index contributed by atoms with van der Waals surface area (Å²) in [6, 6.07) is 4.87. The zero-order valence-electron chi connectivity index (χ0n) is 13.9. The molecule has 0 heterocycles. The van der Waals surface area contributed by atoms with Crippen LogP contribution in [0, 0.1) is 0 Å². The van der Waals surface area contributed by atoms with Crippen LogP contribution in [0.4, 0.5) is 5.69 Å². The fourth-order valence-corrected chi connectivity index (χ4v) is 2.12. The summed E-state index contributed by atoms with van der Waals surface area (Å²) in [5.41, 5.74) is 0.314. The number of rotatable bonds is 7. The molecule has 1 aromatic rings. The van der Waals surface area contributed by atoms with Crippen molar-refractivity contribution in [3.8, 4) is 0 Å². The average molecular weight is 360 g/mol. The Morgan fingerprint density at radius 3 is 2.30 bits per heavy atom. The summed E-state index contributed by atoms with van der Waals surface area (Å²) in [6.07, 6.45) is 0.834. The third-order valence-electron chi connectivity index (χ3n) is 3.39. The summed E-state index contributed by atoms with van der Waals surface area (Å²) < 4.78 is 0. The van der Waals surface area contributed by atoms with Crippen LogP contribution >= 0.6 is 23.2 Å². The van der Waals surface area contributed by atoms with Crippen molar-refractivity contribution in [2.24, 2.45) is 0 Å². The van der Waals surface area contributed by atoms with Crippen molar-refractivity contribution in [1.29, 1.82) is 0 Å². The Hall–Kier alpha value is -1.30. The van der Waals surface area contributed by atoms with Gasteiger partial charge in [0.1, 0.15) is 0 Å². The molecule has 5 nitrogen and oxygen atoms in total. The van der Waals surface area contributed by atoms with E-state index in [1.165, 1.54) is 0 Å². The maximum Gasteiger partial charge on any atom is 0.238 e. The number of likely N-dealkylation sites (N-methyl/N-ethyl adjacent to an activating group) is 1. The minimum absolute atomic E-state index is 0.0974. The van der Waals surface area contributed by atoms with Crippen molar-refractivity contribution in [2.75, 3.05) is 25.5 Å². The van der Waals surface area contributed by atoms with E-state index in [1.807, 2.05) is 20.8 Å². The van der Waals surface area contributed by atoms with E-state index in [9.17, 15) is 9.59 Å². The van der Waals surface area contributed by atoms with Crippen molar-refractivity contribution < 1.29 is 9.59 Å². The zero-order chi connectivity index (χ0) is 17.6. The van der Waals surface area contributed by atoms with Crippen molar-refractivity contribution in [2.45, 2.75) is 32.7 Å². The normalized spacial score (nSPS) is 11.4. The second-order valence-corrected chi connectivity index (χ2v) is 6.95. The molecule has 0 aliphatic heterocycles. The molecule has 0 aromatic heterocycles. The summed E-state index contributed by atoms with van der Waals surface area (Å²) in [6.45, 7) is 6.18. The topological polar surface area (TPSA) is 61.4 Å². The number of anilines is 1. The second-order valence-electron chi connectivity index (χ2n) is 6.13. The molecule has 1 aromatic carbocycles. The number of nitrogens with one attached hydrogen (secondary N) is 2. The lowest BCUT2D eigenvalue weighted by atomic mass is 10.0. The highest BCUT2D eigenvalue weighted by Gasteiger charge is 2.19. The Labute approximate surface area is 147 Å². The van der Waals surface area contributed by atoms with Gasteiger partial charge in [0.15, 0.2) is 0 Å². The Morgan fingerprint density at radius 2 is 1.74 bits per heavy atom. The van der Waals surface area contributed by atoms with Gasteiger partial charge in [-0.1, -0.05) is 30.1 Å². The predicted octanol–water partition coefficient (Wildman–Crippen LogP) is 3.17. The van der Waals surface area contributed by atoms with Gasteiger partial charge in [-0.15, -0.1) is 0 Å². The molecule has 0 unspecified atom stereocenters. The van der Waals surface area contributed by atoms with E-state index >= 15 is 0 Å². The summed E-state index contributed by atoms with van der Waals surface area (Å²) in [5, 5.41) is 6.45. The van der Waals surface area contributed by atoms with Gasteiger partial charge in [-0.2, -0.15) is 0 Å². The molecule has 0 atom stereocenters. The molecule has 0 aliphatic rings. The minimum Gasteiger partial charge on any atom is -0.350 e. The van der Waals surface area contributed by atoms with Gasteiger partial charge in [0.2, 0.25) is 11.8 Å². The van der Waals surface area contributed by atoms with Crippen LogP contribution in [0.3, 0.4) is 0 Å². The van der Waals surface area contributed by atoms with Gasteiger partial charge in [0.25, 0.3) is 0 Å². The molecule has 0 saturated heterocycles. The van der Waals surface area contributed by atoms with Gasteiger partial charge in [0.05, 0.1) is 23.1 Å². The van der Waals surface area contributed by atoms with Gasteiger partial charge < -0.3 is 10.6 Å². The maximum atomic E-state index is 12.0. The molecule has 128 valence electrons. The van der Waals surface area contributed by atoms with Gasteiger partial charge >= 0.3 is 0 Å². The summed E-state index contributed by atoms with van der Waals surface area (Å²) in [7, 11) is 1.72. The SMILES string of the molecule is CCC(C)(C)NC(=O)CN(C)CC(=O)Nc1ccc(Cl)c(Cl)c1. The van der Waals surface area contributed by atoms with Gasteiger partial charge in [0, 0.05) is 11.2 Å². The molecule has 1 rings (SSSR count). The van der Waals surface area contributed by atoms with Crippen LogP contribution in [0.5, 0.6) is 0 Å². The Morgan fingerprint density at radius 1 is 1.13 bits per heavy atom. The number of halogens is 2. The predicted molar refractivity (Wildman–Crippen MR) is 95.1 cm³/mol. The molecule has 2 N–H and O–H groups in total. The fraction of sp³-hybridized carbons (Fsp3) is 0.500. The lowest BCUT2D eigenvalue weighted by Gasteiger charge is -2.26. The van der Waals surface area contributed by atoms with Crippen LogP contribution in [0.1, 0.15) is 27.2 Å². The molecule has 0 spiro atoms. The smallest absolute Gasteiger partial charge is 0.238 e. The van der Waals surface area contributed by atoms with Crippen LogP contribution in [0.15, 0.2) is 18.2 Å². The average Bonchev–Trinajstić information content (AvgIpc) is 2.41. The van der Waals surface area contributed by atoms with E-state index in [4.69, 9.17) is 23.2 Å². The highest BCUT2D eigenvalue weighted by Crippen LogP contribution is 2.24. The standard InChI is InChI=1S/C16H23Cl2N3O2/c1-5-16(2,3)20-15(23)10-21(4)9-14(22)19-11-6-7-12(17)13(18)8-11/h6-8H,5,9-10H2,1-4H3,(H,19,22)(H,20,23). The number of benzene rings is 1. The third kappa shape index (κ3) is 7.20. The number of carbonyl (C=O) groups is 2. The molecule has 2 amide bonds. The van der Waals surface area contributed by atoms with Gasteiger partial charge in [-0.05, 0) is 45.5 Å². The van der Waals surface area contributed by atoms with Crippen LogP contribution in [-0.4, -0.2) is 42.4 Å². The van der Waals surface area contributed by atoms with E-state index in [-0.39, 0.29) is 30.4 Å². The molecule has 0 aliphatic carbocycles. The molecule has 7 heteroatoms. The summed E-state index contributed by atoms with van der Waals surface area (Å²) in [4.78, 5) is 25.6. The first-order chi connectivity index (χ1) is 10.6. The lowest BCUT2D eigenvalue weighted by molar-refractivity contribution is -0.124. The zero-order valence-corrected chi connectivity index (χ0v) is 15.4. The van der Waals surface area contributed by atoms with Gasteiger partial charge in [-0.3, -0.25) is 14.5 Å². The molecule has 0 bridgehead atoms. The number of nitrogens with zero attached hydrogens (tertiary/aromatic N) is 1. The molecule has 0 radical (unpaired) electrons. The first kappa shape index (κ1) is 19.7. The Kier molecular flexibility index (Phi) is 7.32. The van der Waals surface area contributed by atoms with Crippen molar-refractivity contribution in [1.82, 2.24) is 10.2 Å². The lowest BCUT2D eigenvalue weighted by Crippen LogP contribution is -2.47. The van der Waals surface area contributed by atoms with Crippen LogP contribution < -0.4 is 10.6 Å². The van der Waals surface area contributed by atoms with Crippen LogP contribution in [0.2, 0.25) is 10.0 Å². The van der Waals surface area contributed by atoms with Crippen LogP contribution in [-0.2, 0) is 9.59 Å². The van der Waals surface area contributed by atoms with Crippen LogP contribution in [0.25, 0.3) is 0 Å². The molecular formula is C16H23Cl2N3O2. The first-order valence-electron chi connectivity index (χ1n) is 7.37. The van der Waals surface area contributed by atoms with E-state index in [0.29, 0.717) is 15.7 Å². The fourth-order valence-electron chi connectivity index (χ4n) is 1.83. The Bertz CT molecular complexity index is 576. The summed E-state index contributed by atoms with van der Waals surface area (Å²) in [5.74, 6) is -0.338. The van der Waals surface area contributed by atoms with E-state index in [0.717, 1.165) is 6.42 Å². The molecule has 23 heavy (non-hydrogen) atoms. The maximum absolute atomic E-state index is 12.0. The number of amides is 2. The summed E-state index contributed by atoms with van der Waals surface area (Å²) >= 11 is 11.7. The highest BCUT2D eigenvalue weighted by atomic mass is 35.5. The van der Waals surface area contributed by atoms with Crippen molar-refractivity contribution in [3.05, 3.63) is 28.2 Å². The van der Waals surface area contributed by atoms with E-state index < -0.39 is 0 Å². The number of hydrogen-bond donors (Lipinski definition) is 2. The molecule has 0 saturated carbocycles. The Balaban J connectivity index is 2.47. The monoisotopic (exact) mass is 359 g/mol. The molecular weight excluding hydrogens is 337 g/mol. The third-order valence-corrected chi connectivity index (χ3v) is 4.13. The second kappa shape index (κ2) is 8.52. The van der Waals surface area contributed by atoms with Gasteiger partial charge in [-0.25, -0.2) is 0 Å². The van der Waals surface area contributed by atoms with E-state index in [1.54, 1.807) is 30.1 Å². The largest absolute Gasteiger partial charge is 0.350 e. The number of hydrogen-bond acceptors (Lipinski definition) is 3. The van der Waals surface area contributed by atoms with Crippen molar-refractivity contribution >= 4 is 40.7 Å². The highest BCUT2D eigenvalue weighted by molar-refractivity contribution is 6.42. The quantitative estimate of drug-likeness (QED) is 0.785. The number of carbonyl (C=O) groups excluding carboxylic acids is 2. The van der Waals surface area contributed by atoms with E-state index in [2.05, 4.69) is 10.6 Å². The first-order valence-corrected chi connectivity index (χ1v) is 8.13.